The molecule has 6 heteroatoms. The normalized spacial score (nSPS) is 13.1. The van der Waals surface area contributed by atoms with Gasteiger partial charge >= 0.3 is 0 Å². The molecule has 0 bridgehead atoms. The molecule has 0 amide bonds. The quantitative estimate of drug-likeness (QED) is 0.765. The standard InChI is InChI=1S/C8H15N3O2S/c1-3-14-5-7-10-8(13-11-7)6(9)4-12-2/h6H,3-5,9H2,1-2H3. The van der Waals surface area contributed by atoms with Crippen LogP contribution in [0.2, 0.25) is 0 Å². The zero-order valence-corrected chi connectivity index (χ0v) is 9.21. The molecule has 5 nitrogen and oxygen atoms in total. The summed E-state index contributed by atoms with van der Waals surface area (Å²) in [5, 5.41) is 3.81. The average Bonchev–Trinajstić information content (AvgIpc) is 2.63. The Kier molecular flexibility index (Phi) is 4.92. The summed E-state index contributed by atoms with van der Waals surface area (Å²) in [5.74, 6) is 2.94. The third-order valence-electron chi connectivity index (χ3n) is 1.58. The molecule has 1 rings (SSSR count). The van der Waals surface area contributed by atoms with Crippen LogP contribution in [0, 0.1) is 0 Å². The molecule has 1 unspecified atom stereocenters. The highest BCUT2D eigenvalue weighted by atomic mass is 32.2. The molecular weight excluding hydrogens is 202 g/mol. The fourth-order valence-electron chi connectivity index (χ4n) is 0.921. The topological polar surface area (TPSA) is 74.2 Å². The van der Waals surface area contributed by atoms with Gasteiger partial charge in [0.15, 0.2) is 5.82 Å². The Labute approximate surface area is 87.4 Å². The van der Waals surface area contributed by atoms with Gasteiger partial charge in [-0.05, 0) is 5.75 Å². The molecule has 0 saturated carbocycles. The molecule has 0 saturated heterocycles. The molecule has 1 atom stereocenters. The van der Waals surface area contributed by atoms with Crippen LogP contribution in [0.5, 0.6) is 0 Å². The Morgan fingerprint density at radius 2 is 2.43 bits per heavy atom. The van der Waals surface area contributed by atoms with Gasteiger partial charge in [0.25, 0.3) is 0 Å². The van der Waals surface area contributed by atoms with Crippen molar-refractivity contribution in [1.29, 1.82) is 0 Å². The van der Waals surface area contributed by atoms with Crippen LogP contribution in [0.1, 0.15) is 24.7 Å². The van der Waals surface area contributed by atoms with Gasteiger partial charge in [0, 0.05) is 7.11 Å². The minimum atomic E-state index is -0.326. The van der Waals surface area contributed by atoms with Crippen molar-refractivity contribution in [1.82, 2.24) is 10.1 Å². The molecule has 14 heavy (non-hydrogen) atoms. The Hall–Kier alpha value is -0.590. The van der Waals surface area contributed by atoms with E-state index in [0.717, 1.165) is 11.5 Å². The van der Waals surface area contributed by atoms with Gasteiger partial charge in [-0.15, -0.1) is 0 Å². The monoisotopic (exact) mass is 217 g/mol. The summed E-state index contributed by atoms with van der Waals surface area (Å²) in [6.07, 6.45) is 0. The predicted octanol–water partition coefficient (Wildman–Crippen LogP) is 0.969. The lowest BCUT2D eigenvalue weighted by molar-refractivity contribution is 0.166. The van der Waals surface area contributed by atoms with Crippen molar-refractivity contribution in [2.75, 3.05) is 19.5 Å². The van der Waals surface area contributed by atoms with Gasteiger partial charge in [-0.2, -0.15) is 16.7 Å². The zero-order chi connectivity index (χ0) is 10.4. The maximum absolute atomic E-state index is 5.72. The van der Waals surface area contributed by atoms with Gasteiger partial charge in [-0.1, -0.05) is 12.1 Å². The van der Waals surface area contributed by atoms with Crippen molar-refractivity contribution >= 4 is 11.8 Å². The van der Waals surface area contributed by atoms with Crippen molar-refractivity contribution in [3.05, 3.63) is 11.7 Å². The number of hydrogen-bond acceptors (Lipinski definition) is 6. The van der Waals surface area contributed by atoms with Crippen molar-refractivity contribution in [2.24, 2.45) is 5.73 Å². The second-order valence-corrected chi connectivity index (χ2v) is 4.02. The molecule has 0 aromatic carbocycles. The SMILES string of the molecule is CCSCc1noc(C(N)COC)n1. The summed E-state index contributed by atoms with van der Waals surface area (Å²) >= 11 is 1.74. The first-order valence-corrected chi connectivity index (χ1v) is 5.58. The number of thioether (sulfide) groups is 1. The molecule has 0 spiro atoms. The van der Waals surface area contributed by atoms with E-state index in [0.29, 0.717) is 18.3 Å². The van der Waals surface area contributed by atoms with Crippen LogP contribution in [0.25, 0.3) is 0 Å². The molecule has 0 aliphatic heterocycles. The third-order valence-corrected chi connectivity index (χ3v) is 2.45. The third kappa shape index (κ3) is 3.28. The molecular formula is C8H15N3O2S. The molecule has 0 aliphatic carbocycles. The Bertz CT molecular complexity index is 267. The Balaban J connectivity index is 2.49. The van der Waals surface area contributed by atoms with Gasteiger partial charge in [0.2, 0.25) is 5.89 Å². The van der Waals surface area contributed by atoms with Gasteiger partial charge < -0.3 is 15.0 Å². The van der Waals surface area contributed by atoms with Gasteiger partial charge in [-0.25, -0.2) is 0 Å². The fraction of sp³-hybridized carbons (Fsp3) is 0.750. The Morgan fingerprint density at radius 3 is 3.07 bits per heavy atom. The number of ether oxygens (including phenoxy) is 1. The highest BCUT2D eigenvalue weighted by Gasteiger charge is 2.13. The summed E-state index contributed by atoms with van der Waals surface area (Å²) in [7, 11) is 1.59. The lowest BCUT2D eigenvalue weighted by atomic mass is 10.3. The Morgan fingerprint density at radius 1 is 1.64 bits per heavy atom. The number of methoxy groups -OCH3 is 1. The van der Waals surface area contributed by atoms with E-state index in [4.69, 9.17) is 15.0 Å². The van der Waals surface area contributed by atoms with E-state index >= 15 is 0 Å². The van der Waals surface area contributed by atoms with E-state index < -0.39 is 0 Å². The van der Waals surface area contributed by atoms with Crippen molar-refractivity contribution in [3.63, 3.8) is 0 Å². The minimum Gasteiger partial charge on any atom is -0.383 e. The van der Waals surface area contributed by atoms with Gasteiger partial charge in [0.1, 0.15) is 6.04 Å². The summed E-state index contributed by atoms with van der Waals surface area (Å²) in [4.78, 5) is 4.16. The maximum atomic E-state index is 5.72. The fourth-order valence-corrected chi connectivity index (χ4v) is 1.42. The van der Waals surface area contributed by atoms with E-state index in [1.807, 2.05) is 0 Å². The van der Waals surface area contributed by atoms with Crippen LogP contribution in [0.3, 0.4) is 0 Å². The number of nitrogens with two attached hydrogens (primary N) is 1. The summed E-state index contributed by atoms with van der Waals surface area (Å²) in [6.45, 7) is 2.48. The lowest BCUT2D eigenvalue weighted by Gasteiger charge is -2.02. The van der Waals surface area contributed by atoms with Crippen LogP contribution >= 0.6 is 11.8 Å². The lowest BCUT2D eigenvalue weighted by Crippen LogP contribution is -2.16. The van der Waals surface area contributed by atoms with Crippen molar-refractivity contribution < 1.29 is 9.26 Å². The largest absolute Gasteiger partial charge is 0.383 e. The van der Waals surface area contributed by atoms with E-state index in [1.165, 1.54) is 0 Å². The second-order valence-electron chi connectivity index (χ2n) is 2.75. The number of aromatic nitrogens is 2. The van der Waals surface area contributed by atoms with Gasteiger partial charge in [0.05, 0.1) is 12.4 Å². The van der Waals surface area contributed by atoms with Crippen LogP contribution in [-0.4, -0.2) is 29.6 Å². The first kappa shape index (κ1) is 11.5. The molecule has 1 aromatic heterocycles. The molecule has 80 valence electrons. The molecule has 2 N–H and O–H groups in total. The molecule has 1 heterocycles. The van der Waals surface area contributed by atoms with E-state index in [-0.39, 0.29) is 6.04 Å². The number of rotatable bonds is 6. The van der Waals surface area contributed by atoms with Gasteiger partial charge in [-0.3, -0.25) is 0 Å². The highest BCUT2D eigenvalue weighted by Crippen LogP contribution is 2.12. The van der Waals surface area contributed by atoms with E-state index in [2.05, 4.69) is 17.1 Å². The molecule has 0 radical (unpaired) electrons. The summed E-state index contributed by atoms with van der Waals surface area (Å²) in [6, 6.07) is -0.326. The van der Waals surface area contributed by atoms with Crippen LogP contribution in [0.4, 0.5) is 0 Å². The van der Waals surface area contributed by atoms with Crippen LogP contribution < -0.4 is 5.73 Å². The smallest absolute Gasteiger partial charge is 0.245 e. The minimum absolute atomic E-state index is 0.326. The van der Waals surface area contributed by atoms with Crippen LogP contribution in [-0.2, 0) is 10.5 Å². The average molecular weight is 217 g/mol. The van der Waals surface area contributed by atoms with Crippen molar-refractivity contribution in [3.8, 4) is 0 Å². The van der Waals surface area contributed by atoms with E-state index in [9.17, 15) is 0 Å². The molecule has 0 fully saturated rings. The maximum Gasteiger partial charge on any atom is 0.245 e. The van der Waals surface area contributed by atoms with E-state index in [1.54, 1.807) is 18.9 Å². The second kappa shape index (κ2) is 6.00. The predicted molar refractivity (Wildman–Crippen MR) is 54.9 cm³/mol. The first-order chi connectivity index (χ1) is 6.77. The number of hydrogen-bond donors (Lipinski definition) is 1. The first-order valence-electron chi connectivity index (χ1n) is 4.42. The molecule has 1 aromatic rings. The molecule has 0 aliphatic rings. The summed E-state index contributed by atoms with van der Waals surface area (Å²) in [5.41, 5.74) is 5.72. The van der Waals surface area contributed by atoms with Crippen molar-refractivity contribution in [2.45, 2.75) is 18.7 Å². The van der Waals surface area contributed by atoms with Crippen LogP contribution in [0.15, 0.2) is 4.52 Å². The zero-order valence-electron chi connectivity index (χ0n) is 8.40. The highest BCUT2D eigenvalue weighted by molar-refractivity contribution is 7.98. The number of nitrogens with zero attached hydrogens (tertiary/aromatic N) is 2. The summed E-state index contributed by atoms with van der Waals surface area (Å²) < 4.78 is 9.89.